The Hall–Kier alpha value is -2.63. The van der Waals surface area contributed by atoms with Crippen LogP contribution in [0, 0.1) is 0 Å². The first kappa shape index (κ1) is 16.4. The molecule has 0 unspecified atom stereocenters. The van der Waals surface area contributed by atoms with Gasteiger partial charge in [0.05, 0.1) is 12.8 Å². The van der Waals surface area contributed by atoms with E-state index in [4.69, 9.17) is 5.73 Å². The first-order chi connectivity index (χ1) is 10.0. The molecule has 0 aliphatic carbocycles. The van der Waals surface area contributed by atoms with Crippen molar-refractivity contribution < 1.29 is 14.3 Å². The van der Waals surface area contributed by atoms with Crippen molar-refractivity contribution in [3.63, 3.8) is 0 Å². The van der Waals surface area contributed by atoms with Gasteiger partial charge >= 0.3 is 5.97 Å². The van der Waals surface area contributed by atoms with Crippen LogP contribution < -0.4 is 11.1 Å². The number of benzene rings is 1. The highest BCUT2D eigenvalue weighted by atomic mass is 16.5. The standard InChI is InChI=1S/C15H19N3O3/c1-4-17-13(15(20)21-3)12(10(2)16)18-14(19)11-8-6-5-7-9-11/h5-9H,4,16H2,1-3H3,(H,18,19)/b12-10+,17-13?. The Morgan fingerprint density at radius 3 is 2.38 bits per heavy atom. The second-order valence-electron chi connectivity index (χ2n) is 4.19. The number of nitrogens with one attached hydrogen (secondary N) is 1. The SMILES string of the molecule is CCN=C(C(=O)OC)/C(NC(=O)c1ccccc1)=C(/C)N. The lowest BCUT2D eigenvalue weighted by molar-refractivity contribution is -0.132. The van der Waals surface area contributed by atoms with Crippen molar-refractivity contribution in [3.8, 4) is 0 Å². The number of rotatable bonds is 5. The Morgan fingerprint density at radius 1 is 1.29 bits per heavy atom. The van der Waals surface area contributed by atoms with Gasteiger partial charge in [-0.15, -0.1) is 0 Å². The summed E-state index contributed by atoms with van der Waals surface area (Å²) in [6.07, 6.45) is 0. The Kier molecular flexibility index (Phi) is 6.13. The van der Waals surface area contributed by atoms with Gasteiger partial charge in [0.15, 0.2) is 5.71 Å². The van der Waals surface area contributed by atoms with Gasteiger partial charge in [-0.05, 0) is 26.0 Å². The number of hydrogen-bond acceptors (Lipinski definition) is 5. The molecule has 1 rings (SSSR count). The lowest BCUT2D eigenvalue weighted by Gasteiger charge is -2.13. The highest BCUT2D eigenvalue weighted by molar-refractivity contribution is 6.43. The summed E-state index contributed by atoms with van der Waals surface area (Å²) in [5.74, 6) is -1.02. The van der Waals surface area contributed by atoms with Crippen LogP contribution >= 0.6 is 0 Å². The monoisotopic (exact) mass is 289 g/mol. The molecule has 0 saturated heterocycles. The fraction of sp³-hybridized carbons (Fsp3) is 0.267. The lowest BCUT2D eigenvalue weighted by Crippen LogP contribution is -2.34. The van der Waals surface area contributed by atoms with E-state index < -0.39 is 5.97 Å². The minimum atomic E-state index is -0.648. The zero-order valence-electron chi connectivity index (χ0n) is 12.3. The Morgan fingerprint density at radius 2 is 1.90 bits per heavy atom. The zero-order valence-corrected chi connectivity index (χ0v) is 12.3. The summed E-state index contributed by atoms with van der Waals surface area (Å²) in [6.45, 7) is 3.71. The number of aliphatic imine (C=N–C) groups is 1. The van der Waals surface area contributed by atoms with Crippen molar-refractivity contribution in [3.05, 3.63) is 47.3 Å². The predicted octanol–water partition coefficient (Wildman–Crippen LogP) is 1.24. The van der Waals surface area contributed by atoms with E-state index in [9.17, 15) is 9.59 Å². The number of amides is 1. The van der Waals surface area contributed by atoms with E-state index in [1.807, 2.05) is 0 Å². The molecule has 0 spiro atoms. The molecular weight excluding hydrogens is 270 g/mol. The van der Waals surface area contributed by atoms with Crippen LogP contribution in [-0.2, 0) is 9.53 Å². The average Bonchev–Trinajstić information content (AvgIpc) is 2.50. The fourth-order valence-electron chi connectivity index (χ4n) is 1.62. The minimum Gasteiger partial charge on any atom is -0.464 e. The molecule has 0 atom stereocenters. The summed E-state index contributed by atoms with van der Waals surface area (Å²) in [7, 11) is 1.25. The van der Waals surface area contributed by atoms with Crippen LogP contribution in [0.1, 0.15) is 24.2 Å². The Bertz CT molecular complexity index is 573. The molecule has 1 amide bonds. The van der Waals surface area contributed by atoms with Gasteiger partial charge in [0, 0.05) is 17.8 Å². The predicted molar refractivity (Wildman–Crippen MR) is 80.8 cm³/mol. The molecule has 0 saturated carbocycles. The summed E-state index contributed by atoms with van der Waals surface area (Å²) < 4.78 is 4.67. The van der Waals surface area contributed by atoms with Crippen molar-refractivity contribution in [1.29, 1.82) is 0 Å². The zero-order chi connectivity index (χ0) is 15.8. The molecule has 1 aromatic rings. The smallest absolute Gasteiger partial charge is 0.358 e. The number of nitrogens with two attached hydrogens (primary N) is 1. The third-order valence-corrected chi connectivity index (χ3v) is 2.60. The first-order valence-corrected chi connectivity index (χ1v) is 6.47. The van der Waals surface area contributed by atoms with Crippen LogP contribution in [-0.4, -0.2) is 31.2 Å². The van der Waals surface area contributed by atoms with Gasteiger partial charge in [0.25, 0.3) is 5.91 Å². The third-order valence-electron chi connectivity index (χ3n) is 2.60. The van der Waals surface area contributed by atoms with E-state index in [0.29, 0.717) is 12.1 Å². The van der Waals surface area contributed by atoms with Crippen molar-refractivity contribution in [2.24, 2.45) is 10.7 Å². The van der Waals surface area contributed by atoms with Gasteiger partial charge in [-0.1, -0.05) is 18.2 Å². The van der Waals surface area contributed by atoms with E-state index in [1.54, 1.807) is 44.2 Å². The molecule has 0 bridgehead atoms. The van der Waals surface area contributed by atoms with Crippen molar-refractivity contribution in [2.75, 3.05) is 13.7 Å². The summed E-state index contributed by atoms with van der Waals surface area (Å²) in [6, 6.07) is 8.62. The van der Waals surface area contributed by atoms with Crippen molar-refractivity contribution in [1.82, 2.24) is 5.32 Å². The van der Waals surface area contributed by atoms with Crippen LogP contribution in [0.5, 0.6) is 0 Å². The van der Waals surface area contributed by atoms with E-state index >= 15 is 0 Å². The molecule has 6 heteroatoms. The molecule has 0 heterocycles. The van der Waals surface area contributed by atoms with Gasteiger partial charge in [-0.3, -0.25) is 9.79 Å². The average molecular weight is 289 g/mol. The number of esters is 1. The van der Waals surface area contributed by atoms with Gasteiger partial charge < -0.3 is 15.8 Å². The Labute approximate surface area is 123 Å². The third kappa shape index (κ3) is 4.45. The van der Waals surface area contributed by atoms with Gasteiger partial charge in [0.2, 0.25) is 0 Å². The van der Waals surface area contributed by atoms with Crippen LogP contribution in [0.25, 0.3) is 0 Å². The molecule has 1 aromatic carbocycles. The summed E-state index contributed by atoms with van der Waals surface area (Å²) in [4.78, 5) is 28.0. The molecular formula is C15H19N3O3. The van der Waals surface area contributed by atoms with Crippen LogP contribution in [0.2, 0.25) is 0 Å². The molecule has 6 nitrogen and oxygen atoms in total. The number of carbonyl (C=O) groups is 2. The molecule has 0 aliphatic rings. The highest BCUT2D eigenvalue weighted by Crippen LogP contribution is 2.05. The largest absolute Gasteiger partial charge is 0.464 e. The first-order valence-electron chi connectivity index (χ1n) is 6.47. The number of allylic oxidation sites excluding steroid dienone is 1. The van der Waals surface area contributed by atoms with Crippen LogP contribution in [0.3, 0.4) is 0 Å². The number of carbonyl (C=O) groups excluding carboxylic acids is 2. The summed E-state index contributed by atoms with van der Waals surface area (Å²) >= 11 is 0. The maximum absolute atomic E-state index is 12.2. The molecule has 0 radical (unpaired) electrons. The van der Waals surface area contributed by atoms with E-state index in [2.05, 4.69) is 15.0 Å². The number of hydrogen-bond donors (Lipinski definition) is 2. The van der Waals surface area contributed by atoms with Crippen LogP contribution in [0.15, 0.2) is 46.7 Å². The van der Waals surface area contributed by atoms with Gasteiger partial charge in [-0.25, -0.2) is 4.79 Å². The van der Waals surface area contributed by atoms with Gasteiger partial charge in [0.1, 0.15) is 0 Å². The molecule has 0 fully saturated rings. The van der Waals surface area contributed by atoms with Crippen molar-refractivity contribution >= 4 is 17.6 Å². The normalized spacial score (nSPS) is 12.4. The fourth-order valence-corrected chi connectivity index (χ4v) is 1.62. The second kappa shape index (κ2) is 7.84. The number of ether oxygens (including phenoxy) is 1. The lowest BCUT2D eigenvalue weighted by atomic mass is 10.1. The van der Waals surface area contributed by atoms with E-state index in [0.717, 1.165) is 0 Å². The maximum Gasteiger partial charge on any atom is 0.358 e. The maximum atomic E-state index is 12.2. The molecule has 0 aromatic heterocycles. The number of nitrogens with zero attached hydrogens (tertiary/aromatic N) is 1. The van der Waals surface area contributed by atoms with Crippen LogP contribution in [0.4, 0.5) is 0 Å². The van der Waals surface area contributed by atoms with E-state index in [-0.39, 0.29) is 23.0 Å². The number of methoxy groups -OCH3 is 1. The summed E-state index contributed by atoms with van der Waals surface area (Å²) in [5.41, 5.74) is 6.66. The minimum absolute atomic E-state index is 0.00396. The molecule has 0 aliphatic heterocycles. The second-order valence-corrected chi connectivity index (χ2v) is 4.19. The molecule has 112 valence electrons. The van der Waals surface area contributed by atoms with Gasteiger partial charge in [-0.2, -0.15) is 0 Å². The van der Waals surface area contributed by atoms with Crippen molar-refractivity contribution in [2.45, 2.75) is 13.8 Å². The molecule has 3 N–H and O–H groups in total. The summed E-state index contributed by atoms with van der Waals surface area (Å²) in [5, 5.41) is 2.62. The quantitative estimate of drug-likeness (QED) is 0.630. The highest BCUT2D eigenvalue weighted by Gasteiger charge is 2.21. The Balaban J connectivity index is 3.09. The topological polar surface area (TPSA) is 93.8 Å². The van der Waals surface area contributed by atoms with E-state index in [1.165, 1.54) is 7.11 Å². The molecule has 21 heavy (non-hydrogen) atoms.